The van der Waals surface area contributed by atoms with Crippen LogP contribution in [0.5, 0.6) is 0 Å². The molecular formula is C14H28N2. The maximum Gasteiger partial charge on any atom is 0.0156 e. The van der Waals surface area contributed by atoms with E-state index in [2.05, 4.69) is 38.0 Å². The lowest BCUT2D eigenvalue weighted by Crippen LogP contribution is -2.62. The Bertz CT molecular complexity index is 223. The van der Waals surface area contributed by atoms with Gasteiger partial charge in [0.15, 0.2) is 0 Å². The van der Waals surface area contributed by atoms with E-state index in [1.54, 1.807) is 0 Å². The highest BCUT2D eigenvalue weighted by molar-refractivity contribution is 5.00. The Kier molecular flexibility index (Phi) is 3.60. The monoisotopic (exact) mass is 224 g/mol. The van der Waals surface area contributed by atoms with E-state index in [0.717, 1.165) is 18.1 Å². The molecule has 0 radical (unpaired) electrons. The van der Waals surface area contributed by atoms with Crippen LogP contribution in [0.1, 0.15) is 59.3 Å². The van der Waals surface area contributed by atoms with Crippen LogP contribution in [0.2, 0.25) is 0 Å². The zero-order chi connectivity index (χ0) is 11.8. The molecule has 2 atom stereocenters. The van der Waals surface area contributed by atoms with E-state index < -0.39 is 0 Å². The van der Waals surface area contributed by atoms with Crippen LogP contribution in [-0.4, -0.2) is 35.6 Å². The highest BCUT2D eigenvalue weighted by atomic mass is 15.3. The number of hydrogen-bond acceptors (Lipinski definition) is 2. The van der Waals surface area contributed by atoms with Gasteiger partial charge < -0.3 is 5.32 Å². The SMILES string of the molecule is CCC(C)(C)N1C2CCCC1CC(NC)C2. The summed E-state index contributed by atoms with van der Waals surface area (Å²) in [6, 6.07) is 2.43. The zero-order valence-corrected chi connectivity index (χ0v) is 11.4. The number of nitrogens with one attached hydrogen (secondary N) is 1. The van der Waals surface area contributed by atoms with Crippen LogP contribution in [0.3, 0.4) is 0 Å². The lowest BCUT2D eigenvalue weighted by molar-refractivity contribution is -0.0488. The molecule has 2 nitrogen and oxygen atoms in total. The van der Waals surface area contributed by atoms with Crippen LogP contribution in [0.4, 0.5) is 0 Å². The van der Waals surface area contributed by atoms with Gasteiger partial charge in [-0.2, -0.15) is 0 Å². The van der Waals surface area contributed by atoms with Crippen molar-refractivity contribution in [3.05, 3.63) is 0 Å². The first-order chi connectivity index (χ1) is 7.58. The lowest BCUT2D eigenvalue weighted by Gasteiger charge is -2.55. The van der Waals surface area contributed by atoms with Crippen LogP contribution in [-0.2, 0) is 0 Å². The van der Waals surface area contributed by atoms with Crippen LogP contribution >= 0.6 is 0 Å². The molecular weight excluding hydrogens is 196 g/mol. The van der Waals surface area contributed by atoms with Crippen LogP contribution in [0.15, 0.2) is 0 Å². The molecule has 0 aromatic rings. The van der Waals surface area contributed by atoms with E-state index in [9.17, 15) is 0 Å². The van der Waals surface area contributed by atoms with E-state index in [-0.39, 0.29) is 0 Å². The van der Waals surface area contributed by atoms with E-state index in [1.165, 1.54) is 38.5 Å². The summed E-state index contributed by atoms with van der Waals surface area (Å²) in [4.78, 5) is 2.85. The normalized spacial score (nSPS) is 36.4. The number of hydrogen-bond donors (Lipinski definition) is 1. The number of piperidine rings is 2. The summed E-state index contributed by atoms with van der Waals surface area (Å²) >= 11 is 0. The second kappa shape index (κ2) is 4.66. The van der Waals surface area contributed by atoms with Gasteiger partial charge in [-0.15, -0.1) is 0 Å². The lowest BCUT2D eigenvalue weighted by atomic mass is 9.78. The molecule has 2 saturated heterocycles. The summed E-state index contributed by atoms with van der Waals surface area (Å²) in [6.07, 6.45) is 8.26. The first-order valence-electron chi connectivity index (χ1n) is 7.04. The van der Waals surface area contributed by atoms with Crippen molar-refractivity contribution in [3.63, 3.8) is 0 Å². The van der Waals surface area contributed by atoms with Crippen LogP contribution in [0, 0.1) is 0 Å². The average molecular weight is 224 g/mol. The Morgan fingerprint density at radius 2 is 1.75 bits per heavy atom. The molecule has 2 fully saturated rings. The van der Waals surface area contributed by atoms with Crippen molar-refractivity contribution in [1.82, 2.24) is 10.2 Å². The summed E-state index contributed by atoms with van der Waals surface area (Å²) < 4.78 is 0. The minimum Gasteiger partial charge on any atom is -0.317 e. The van der Waals surface area contributed by atoms with E-state index in [4.69, 9.17) is 0 Å². The molecule has 2 bridgehead atoms. The molecule has 2 rings (SSSR count). The van der Waals surface area contributed by atoms with Gasteiger partial charge in [0.1, 0.15) is 0 Å². The molecule has 16 heavy (non-hydrogen) atoms. The van der Waals surface area contributed by atoms with Crippen molar-refractivity contribution in [2.24, 2.45) is 0 Å². The Labute approximate surface area is 101 Å². The number of nitrogens with zero attached hydrogens (tertiary/aromatic N) is 1. The van der Waals surface area contributed by atoms with E-state index in [1.807, 2.05) is 0 Å². The standard InChI is InChI=1S/C14H28N2/c1-5-14(2,3)16-12-7-6-8-13(16)10-11(9-12)15-4/h11-13,15H,5-10H2,1-4H3. The quantitative estimate of drug-likeness (QED) is 0.793. The van der Waals surface area contributed by atoms with Crippen molar-refractivity contribution < 1.29 is 0 Å². The smallest absolute Gasteiger partial charge is 0.0156 e. The molecule has 0 amide bonds. The Hall–Kier alpha value is -0.0800. The molecule has 2 unspecified atom stereocenters. The molecule has 2 heterocycles. The predicted octanol–water partition coefficient (Wildman–Crippen LogP) is 2.78. The second-order valence-electron chi connectivity index (χ2n) is 6.27. The van der Waals surface area contributed by atoms with Gasteiger partial charge in [-0.1, -0.05) is 13.3 Å². The highest BCUT2D eigenvalue weighted by Crippen LogP contribution is 2.39. The third kappa shape index (κ3) is 2.14. The average Bonchev–Trinajstić information content (AvgIpc) is 2.27. The maximum absolute atomic E-state index is 3.50. The van der Waals surface area contributed by atoms with Crippen molar-refractivity contribution in [3.8, 4) is 0 Å². The number of fused-ring (bicyclic) bond motifs is 2. The van der Waals surface area contributed by atoms with Crippen LogP contribution < -0.4 is 5.32 Å². The fourth-order valence-corrected chi connectivity index (χ4v) is 3.79. The Balaban J connectivity index is 2.14. The van der Waals surface area contributed by atoms with Crippen LogP contribution in [0.25, 0.3) is 0 Å². The molecule has 2 heteroatoms. The molecule has 1 N–H and O–H groups in total. The van der Waals surface area contributed by atoms with Crippen molar-refractivity contribution in [2.75, 3.05) is 7.05 Å². The fourth-order valence-electron chi connectivity index (χ4n) is 3.79. The third-order valence-electron chi connectivity index (χ3n) is 4.95. The van der Waals surface area contributed by atoms with Gasteiger partial charge in [0, 0.05) is 23.7 Å². The third-order valence-corrected chi connectivity index (χ3v) is 4.95. The molecule has 94 valence electrons. The summed E-state index contributed by atoms with van der Waals surface area (Å²) in [7, 11) is 2.13. The minimum absolute atomic E-state index is 0.397. The summed E-state index contributed by atoms with van der Waals surface area (Å²) in [5.74, 6) is 0. The largest absolute Gasteiger partial charge is 0.317 e. The minimum atomic E-state index is 0.397. The van der Waals surface area contributed by atoms with Crippen molar-refractivity contribution in [2.45, 2.75) is 83.0 Å². The van der Waals surface area contributed by atoms with Gasteiger partial charge in [-0.3, -0.25) is 4.90 Å². The van der Waals surface area contributed by atoms with E-state index in [0.29, 0.717) is 5.54 Å². The zero-order valence-electron chi connectivity index (χ0n) is 11.4. The van der Waals surface area contributed by atoms with Gasteiger partial charge in [-0.05, 0) is 53.0 Å². The molecule has 0 saturated carbocycles. The summed E-state index contributed by atoms with van der Waals surface area (Å²) in [5.41, 5.74) is 0.397. The number of rotatable bonds is 3. The molecule has 2 aliphatic heterocycles. The first-order valence-corrected chi connectivity index (χ1v) is 7.04. The van der Waals surface area contributed by atoms with Gasteiger partial charge in [0.25, 0.3) is 0 Å². The van der Waals surface area contributed by atoms with Gasteiger partial charge in [0.2, 0.25) is 0 Å². The molecule has 0 aromatic heterocycles. The topological polar surface area (TPSA) is 15.3 Å². The first kappa shape index (κ1) is 12.4. The van der Waals surface area contributed by atoms with E-state index >= 15 is 0 Å². The Morgan fingerprint density at radius 1 is 1.19 bits per heavy atom. The summed E-state index contributed by atoms with van der Waals surface area (Å²) in [5, 5.41) is 3.50. The van der Waals surface area contributed by atoms with Crippen molar-refractivity contribution in [1.29, 1.82) is 0 Å². The molecule has 0 spiro atoms. The molecule has 0 aromatic carbocycles. The molecule has 0 aliphatic carbocycles. The Morgan fingerprint density at radius 3 is 2.19 bits per heavy atom. The second-order valence-corrected chi connectivity index (χ2v) is 6.27. The molecule has 2 aliphatic rings. The highest BCUT2D eigenvalue weighted by Gasteiger charge is 2.43. The van der Waals surface area contributed by atoms with Gasteiger partial charge in [0.05, 0.1) is 0 Å². The fraction of sp³-hybridized carbons (Fsp3) is 1.00. The summed E-state index contributed by atoms with van der Waals surface area (Å²) in [6.45, 7) is 7.19. The maximum atomic E-state index is 3.50. The van der Waals surface area contributed by atoms with Crippen molar-refractivity contribution >= 4 is 0 Å². The van der Waals surface area contributed by atoms with Gasteiger partial charge >= 0.3 is 0 Å². The predicted molar refractivity (Wildman–Crippen MR) is 69.7 cm³/mol. The van der Waals surface area contributed by atoms with Gasteiger partial charge in [-0.25, -0.2) is 0 Å².